The van der Waals surface area contributed by atoms with Crippen LogP contribution in [0.15, 0.2) is 28.7 Å². The van der Waals surface area contributed by atoms with E-state index in [1.807, 2.05) is 30.4 Å². The third-order valence-corrected chi connectivity index (χ3v) is 8.65. The lowest BCUT2D eigenvalue weighted by Crippen LogP contribution is -2.41. The molecule has 1 aromatic heterocycles. The lowest BCUT2D eigenvalue weighted by Gasteiger charge is -2.31. The number of furan rings is 1. The molecule has 1 fully saturated rings. The van der Waals surface area contributed by atoms with Gasteiger partial charge in [0.25, 0.3) is 5.91 Å². The number of hydrogen-bond acceptors (Lipinski definition) is 5. The number of carbonyl (C=O) groups excluding carboxylic acids is 2. The first-order chi connectivity index (χ1) is 13.0. The summed E-state index contributed by atoms with van der Waals surface area (Å²) in [4.78, 5) is 24.8. The Morgan fingerprint density at radius 2 is 1.78 bits per heavy atom. The zero-order valence-corrected chi connectivity index (χ0v) is 17.2. The van der Waals surface area contributed by atoms with E-state index in [-0.39, 0.29) is 9.84 Å². The Kier molecular flexibility index (Phi) is 5.18. The lowest BCUT2D eigenvalue weighted by atomic mass is 9.94. The zero-order valence-electron chi connectivity index (χ0n) is 14.8. The predicted molar refractivity (Wildman–Crippen MR) is 109 cm³/mol. The van der Waals surface area contributed by atoms with Crippen molar-refractivity contribution in [2.75, 3.05) is 11.5 Å². The highest BCUT2D eigenvalue weighted by Crippen LogP contribution is 2.59. The molecule has 2 aromatic rings. The minimum absolute atomic E-state index is 0.0201. The van der Waals surface area contributed by atoms with Crippen LogP contribution in [-0.2, 0) is 10.5 Å². The van der Waals surface area contributed by atoms with Gasteiger partial charge in [0.15, 0.2) is 5.76 Å². The molecule has 0 radical (unpaired) electrons. The van der Waals surface area contributed by atoms with E-state index in [4.69, 9.17) is 16.0 Å². The second kappa shape index (κ2) is 7.45. The van der Waals surface area contributed by atoms with Crippen molar-refractivity contribution < 1.29 is 14.0 Å². The summed E-state index contributed by atoms with van der Waals surface area (Å²) in [6.45, 7) is 1.94. The molecule has 0 atom stereocenters. The Hall–Kier alpha value is -1.57. The van der Waals surface area contributed by atoms with E-state index < -0.39 is 11.8 Å². The number of benzene rings is 1. The number of amides is 2. The molecule has 0 bridgehead atoms. The number of hydrogen-bond donors (Lipinski definition) is 2. The summed E-state index contributed by atoms with van der Waals surface area (Å²) < 4.78 is 5.95. The van der Waals surface area contributed by atoms with Crippen LogP contribution in [0.2, 0.25) is 5.02 Å². The maximum atomic E-state index is 12.6. The maximum absolute atomic E-state index is 12.6. The summed E-state index contributed by atoms with van der Waals surface area (Å²) in [6.07, 6.45) is 3.02. The van der Waals surface area contributed by atoms with Crippen LogP contribution in [0.25, 0.3) is 0 Å². The van der Waals surface area contributed by atoms with Gasteiger partial charge >= 0.3 is 5.91 Å². The van der Waals surface area contributed by atoms with Crippen molar-refractivity contribution in [1.29, 1.82) is 0 Å². The van der Waals surface area contributed by atoms with Crippen molar-refractivity contribution >= 4 is 46.9 Å². The molecule has 2 amide bonds. The first kappa shape index (κ1) is 18.8. The molecular weight excluding hydrogens is 404 g/mol. The van der Waals surface area contributed by atoms with Crippen LogP contribution in [0.1, 0.15) is 50.6 Å². The summed E-state index contributed by atoms with van der Waals surface area (Å²) in [7, 11) is 0. The number of rotatable bonds is 2. The first-order valence-electron chi connectivity index (χ1n) is 8.77. The molecule has 2 aliphatic rings. The highest BCUT2D eigenvalue weighted by atomic mass is 35.5. The van der Waals surface area contributed by atoms with Gasteiger partial charge in [-0.1, -0.05) is 11.6 Å². The van der Waals surface area contributed by atoms with Gasteiger partial charge in [-0.2, -0.15) is 0 Å². The topological polar surface area (TPSA) is 71.3 Å². The predicted octanol–water partition coefficient (Wildman–Crippen LogP) is 4.29. The van der Waals surface area contributed by atoms with Gasteiger partial charge in [-0.25, -0.2) is 0 Å². The van der Waals surface area contributed by atoms with Gasteiger partial charge in [0.05, 0.1) is 4.08 Å². The molecule has 142 valence electrons. The van der Waals surface area contributed by atoms with Crippen molar-refractivity contribution in [2.24, 2.45) is 0 Å². The lowest BCUT2D eigenvalue weighted by molar-refractivity contribution is 0.0829. The van der Waals surface area contributed by atoms with E-state index >= 15 is 0 Å². The maximum Gasteiger partial charge on any atom is 0.305 e. The minimum Gasteiger partial charge on any atom is -0.455 e. The fourth-order valence-electron chi connectivity index (χ4n) is 3.66. The normalized spacial score (nSPS) is 17.6. The number of carbonyl (C=O) groups is 2. The van der Waals surface area contributed by atoms with E-state index in [9.17, 15) is 9.59 Å². The van der Waals surface area contributed by atoms with E-state index in [1.165, 1.54) is 5.56 Å². The van der Waals surface area contributed by atoms with Crippen LogP contribution in [0, 0.1) is 6.92 Å². The van der Waals surface area contributed by atoms with Gasteiger partial charge in [-0.15, -0.1) is 23.5 Å². The molecule has 8 heteroatoms. The van der Waals surface area contributed by atoms with Gasteiger partial charge in [-0.3, -0.25) is 20.4 Å². The van der Waals surface area contributed by atoms with Crippen molar-refractivity contribution in [3.05, 3.63) is 57.5 Å². The first-order valence-corrected chi connectivity index (χ1v) is 11.1. The van der Waals surface area contributed by atoms with E-state index in [2.05, 4.69) is 10.9 Å². The molecule has 0 unspecified atom stereocenters. The molecule has 0 saturated carbocycles. The van der Waals surface area contributed by atoms with Crippen LogP contribution in [0.3, 0.4) is 0 Å². The third-order valence-electron chi connectivity index (χ3n) is 4.87. The number of halogens is 1. The zero-order chi connectivity index (χ0) is 19.0. The highest BCUT2D eigenvalue weighted by molar-refractivity contribution is 8.20. The number of aryl methyl sites for hydroxylation is 1. The SMILES string of the molecule is Cc1c(C(=O)NNC(=O)c2ccc(Cl)cc2)oc2c1C1(CCC2)SCCS1. The van der Waals surface area contributed by atoms with Crippen LogP contribution >= 0.6 is 35.1 Å². The third kappa shape index (κ3) is 3.48. The Morgan fingerprint density at radius 3 is 2.48 bits per heavy atom. The molecular formula is C19H19ClN2O3S2. The highest BCUT2D eigenvalue weighted by Gasteiger charge is 2.45. The van der Waals surface area contributed by atoms with E-state index in [0.717, 1.165) is 42.1 Å². The molecule has 5 nitrogen and oxygen atoms in total. The molecule has 1 spiro atoms. The second-order valence-electron chi connectivity index (χ2n) is 6.57. The van der Waals surface area contributed by atoms with Gasteiger partial charge in [0, 0.05) is 39.6 Å². The van der Waals surface area contributed by atoms with Crippen LogP contribution in [-0.4, -0.2) is 23.3 Å². The summed E-state index contributed by atoms with van der Waals surface area (Å²) in [5.74, 6) is 2.58. The Morgan fingerprint density at radius 1 is 1.11 bits per heavy atom. The Labute approximate surface area is 170 Å². The Bertz CT molecular complexity index is 889. The summed E-state index contributed by atoms with van der Waals surface area (Å²) in [5, 5.41) is 0.545. The monoisotopic (exact) mass is 422 g/mol. The number of nitrogens with one attached hydrogen (secondary N) is 2. The van der Waals surface area contributed by atoms with Crippen molar-refractivity contribution in [3.8, 4) is 0 Å². The van der Waals surface area contributed by atoms with Crippen LogP contribution in [0.5, 0.6) is 0 Å². The van der Waals surface area contributed by atoms with Crippen molar-refractivity contribution in [2.45, 2.75) is 30.3 Å². The van der Waals surface area contributed by atoms with Crippen LogP contribution < -0.4 is 10.9 Å². The molecule has 1 aliphatic carbocycles. The quantitative estimate of drug-likeness (QED) is 0.706. The van der Waals surface area contributed by atoms with Crippen molar-refractivity contribution in [1.82, 2.24) is 10.9 Å². The van der Waals surface area contributed by atoms with Gasteiger partial charge < -0.3 is 4.42 Å². The number of hydrazine groups is 1. The van der Waals surface area contributed by atoms with Gasteiger partial charge in [0.1, 0.15) is 5.76 Å². The number of thioether (sulfide) groups is 2. The molecule has 2 N–H and O–H groups in total. The summed E-state index contributed by atoms with van der Waals surface area (Å²) in [5.41, 5.74) is 7.36. The summed E-state index contributed by atoms with van der Waals surface area (Å²) >= 11 is 9.73. The summed E-state index contributed by atoms with van der Waals surface area (Å²) in [6, 6.07) is 6.44. The molecule has 27 heavy (non-hydrogen) atoms. The average Bonchev–Trinajstić information content (AvgIpc) is 3.26. The van der Waals surface area contributed by atoms with E-state index in [1.54, 1.807) is 24.3 Å². The Balaban J connectivity index is 1.51. The average molecular weight is 423 g/mol. The second-order valence-corrected chi connectivity index (χ2v) is 10.1. The molecule has 4 rings (SSSR count). The van der Waals surface area contributed by atoms with Crippen molar-refractivity contribution in [3.63, 3.8) is 0 Å². The molecule has 1 aliphatic heterocycles. The molecule has 2 heterocycles. The smallest absolute Gasteiger partial charge is 0.305 e. The molecule has 1 aromatic carbocycles. The number of fused-ring (bicyclic) bond motifs is 2. The van der Waals surface area contributed by atoms with Gasteiger partial charge in [0.2, 0.25) is 0 Å². The largest absolute Gasteiger partial charge is 0.455 e. The molecule has 1 saturated heterocycles. The standard InChI is InChI=1S/C19H19ClN2O3S2/c1-11-15-14(3-2-8-19(15)26-9-10-27-19)25-16(11)18(24)22-21-17(23)12-4-6-13(20)7-5-12/h4-7H,2-3,8-10H2,1H3,(H,21,23)(H,22,24). The minimum atomic E-state index is -0.438. The van der Waals surface area contributed by atoms with E-state index in [0.29, 0.717) is 10.6 Å². The fourth-order valence-corrected chi connectivity index (χ4v) is 7.34. The fraction of sp³-hybridized carbons (Fsp3) is 0.368. The van der Waals surface area contributed by atoms with Gasteiger partial charge in [-0.05, 0) is 44.0 Å². The van der Waals surface area contributed by atoms with Crippen LogP contribution in [0.4, 0.5) is 0 Å².